The fraction of sp³-hybridized carbons (Fsp3) is 0.500. The minimum atomic E-state index is -0.756. The molecule has 0 bridgehead atoms. The third-order valence-corrected chi connectivity index (χ3v) is 6.36. The molecule has 0 atom stereocenters. The predicted molar refractivity (Wildman–Crippen MR) is 122 cm³/mol. The van der Waals surface area contributed by atoms with Crippen molar-refractivity contribution in [2.45, 2.75) is 34.2 Å². The van der Waals surface area contributed by atoms with E-state index < -0.39 is 11.4 Å². The lowest BCUT2D eigenvalue weighted by atomic mass is 9.93. The van der Waals surface area contributed by atoms with E-state index in [2.05, 4.69) is 52.5 Å². The third kappa shape index (κ3) is 4.06. The smallest absolute Gasteiger partial charge is 0.310 e. The van der Waals surface area contributed by atoms with Crippen molar-refractivity contribution in [3.05, 3.63) is 46.8 Å². The van der Waals surface area contributed by atoms with E-state index in [1.165, 1.54) is 11.1 Å². The molecule has 31 heavy (non-hydrogen) atoms. The summed E-state index contributed by atoms with van der Waals surface area (Å²) in [7, 11) is 1.71. The third-order valence-electron chi connectivity index (χ3n) is 6.36. The number of ether oxygens (including phenoxy) is 1. The molecule has 4 rings (SSSR count). The summed E-state index contributed by atoms with van der Waals surface area (Å²) in [6.07, 6.45) is 0. The monoisotopic (exact) mass is 424 g/mol. The van der Waals surface area contributed by atoms with Crippen molar-refractivity contribution in [3.8, 4) is 5.75 Å². The van der Waals surface area contributed by atoms with Gasteiger partial charge in [0.15, 0.2) is 5.84 Å². The second-order valence-electron chi connectivity index (χ2n) is 9.31. The molecule has 0 amide bonds. The summed E-state index contributed by atoms with van der Waals surface area (Å²) in [5, 5.41) is 9.47. The minimum Gasteiger partial charge on any atom is -0.494 e. The number of benzene rings is 1. The van der Waals surface area contributed by atoms with E-state index in [0.717, 1.165) is 61.4 Å². The number of aliphatic imine (C=N–C) groups is 1. The van der Waals surface area contributed by atoms with Gasteiger partial charge in [-0.15, -0.1) is 0 Å². The van der Waals surface area contributed by atoms with Crippen molar-refractivity contribution in [3.63, 3.8) is 0 Å². The van der Waals surface area contributed by atoms with Gasteiger partial charge >= 0.3 is 5.97 Å². The van der Waals surface area contributed by atoms with E-state index in [-0.39, 0.29) is 0 Å². The van der Waals surface area contributed by atoms with Crippen LogP contribution in [-0.2, 0) is 11.3 Å². The number of carboxylic acid groups (broad SMARTS) is 1. The molecule has 7 nitrogen and oxygen atoms in total. The van der Waals surface area contributed by atoms with Crippen molar-refractivity contribution >= 4 is 17.5 Å². The van der Waals surface area contributed by atoms with Crippen molar-refractivity contribution in [1.82, 2.24) is 14.4 Å². The Hall–Kier alpha value is -2.80. The van der Waals surface area contributed by atoms with Gasteiger partial charge in [-0.3, -0.25) is 9.69 Å². The molecule has 1 aromatic heterocycles. The van der Waals surface area contributed by atoms with Gasteiger partial charge in [-0.1, -0.05) is 17.7 Å². The van der Waals surface area contributed by atoms with E-state index in [1.54, 1.807) is 21.0 Å². The first-order chi connectivity index (χ1) is 14.7. The second kappa shape index (κ2) is 8.04. The molecule has 0 spiro atoms. The summed E-state index contributed by atoms with van der Waals surface area (Å²) in [4.78, 5) is 21.2. The lowest BCUT2D eigenvalue weighted by Gasteiger charge is -2.39. The molecule has 0 unspecified atom stereocenters. The largest absolute Gasteiger partial charge is 0.494 e. The lowest BCUT2D eigenvalue weighted by molar-refractivity contribution is -0.148. The summed E-state index contributed by atoms with van der Waals surface area (Å²) in [6.45, 7) is 12.3. The first kappa shape index (κ1) is 21.4. The van der Waals surface area contributed by atoms with E-state index in [1.807, 2.05) is 0 Å². The molecule has 0 radical (unpaired) electrons. The second-order valence-corrected chi connectivity index (χ2v) is 9.31. The fourth-order valence-corrected chi connectivity index (χ4v) is 4.49. The highest BCUT2D eigenvalue weighted by molar-refractivity contribution is 6.02. The van der Waals surface area contributed by atoms with Gasteiger partial charge in [0.1, 0.15) is 11.4 Å². The molecule has 0 saturated carbocycles. The van der Waals surface area contributed by atoms with Gasteiger partial charge < -0.3 is 19.3 Å². The van der Waals surface area contributed by atoms with Crippen LogP contribution in [0.25, 0.3) is 0 Å². The van der Waals surface area contributed by atoms with Gasteiger partial charge in [0.05, 0.1) is 24.8 Å². The van der Waals surface area contributed by atoms with Crippen LogP contribution in [0.1, 0.15) is 36.4 Å². The number of hydrogen-bond donors (Lipinski definition) is 1. The molecule has 3 heterocycles. The Labute approximate surface area is 183 Å². The number of aliphatic carboxylic acids is 1. The molecule has 2 aliphatic heterocycles. The molecular weight excluding hydrogens is 392 g/mol. The van der Waals surface area contributed by atoms with Crippen LogP contribution < -0.4 is 4.74 Å². The van der Waals surface area contributed by atoms with E-state index >= 15 is 0 Å². The normalized spacial score (nSPS) is 16.9. The van der Waals surface area contributed by atoms with Crippen LogP contribution in [0.5, 0.6) is 5.75 Å². The quantitative estimate of drug-likeness (QED) is 0.816. The molecule has 1 fully saturated rings. The molecular formula is C24H32N4O3. The van der Waals surface area contributed by atoms with Crippen LogP contribution in [0.3, 0.4) is 0 Å². The minimum absolute atomic E-state index is 0.545. The van der Waals surface area contributed by atoms with Gasteiger partial charge in [-0.25, -0.2) is 4.99 Å². The van der Waals surface area contributed by atoms with Crippen molar-refractivity contribution in [2.24, 2.45) is 10.4 Å². The zero-order valence-corrected chi connectivity index (χ0v) is 19.1. The molecule has 1 saturated heterocycles. The first-order valence-corrected chi connectivity index (χ1v) is 10.8. The molecule has 2 aliphatic rings. The zero-order valence-electron chi connectivity index (χ0n) is 19.1. The van der Waals surface area contributed by atoms with Crippen molar-refractivity contribution < 1.29 is 14.6 Å². The van der Waals surface area contributed by atoms with Crippen LogP contribution in [-0.4, -0.2) is 71.1 Å². The van der Waals surface area contributed by atoms with Gasteiger partial charge in [0, 0.05) is 44.5 Å². The molecule has 1 aromatic carbocycles. The Morgan fingerprint density at radius 1 is 1.16 bits per heavy atom. The predicted octanol–water partition coefficient (Wildman–Crippen LogP) is 3.28. The number of methoxy groups -OCH3 is 1. The molecule has 166 valence electrons. The average Bonchev–Trinajstić information content (AvgIpc) is 2.92. The van der Waals surface area contributed by atoms with Gasteiger partial charge in [-0.2, -0.15) is 0 Å². The molecule has 2 aromatic rings. The Bertz CT molecular complexity index is 1030. The first-order valence-electron chi connectivity index (χ1n) is 10.8. The van der Waals surface area contributed by atoms with Crippen LogP contribution in [0, 0.1) is 19.3 Å². The number of aromatic nitrogens is 1. The Morgan fingerprint density at radius 3 is 2.52 bits per heavy atom. The van der Waals surface area contributed by atoms with Gasteiger partial charge in [0.25, 0.3) is 0 Å². The number of piperazine rings is 1. The Morgan fingerprint density at radius 2 is 1.87 bits per heavy atom. The maximum atomic E-state index is 11.5. The molecule has 7 heteroatoms. The maximum absolute atomic E-state index is 11.5. The van der Waals surface area contributed by atoms with E-state index in [4.69, 9.17) is 9.73 Å². The highest BCUT2D eigenvalue weighted by atomic mass is 16.5. The summed E-state index contributed by atoms with van der Waals surface area (Å²) in [6, 6.07) is 8.50. The number of fused-ring (bicyclic) bond motifs is 2. The number of carbonyl (C=O) groups is 1. The van der Waals surface area contributed by atoms with E-state index in [9.17, 15) is 9.90 Å². The SMILES string of the molecule is COc1cc(C)n2c1C(N1CCN(CC(C)(C)C(=O)O)CC1)=Nc1ccc(C)cc1C2. The van der Waals surface area contributed by atoms with E-state index in [0.29, 0.717) is 6.54 Å². The number of amidine groups is 1. The van der Waals surface area contributed by atoms with Crippen molar-refractivity contribution in [1.29, 1.82) is 0 Å². The van der Waals surface area contributed by atoms with Crippen LogP contribution >= 0.6 is 0 Å². The molecule has 1 N–H and O–H groups in total. The topological polar surface area (TPSA) is 70.3 Å². The van der Waals surface area contributed by atoms with Crippen LogP contribution in [0.15, 0.2) is 29.3 Å². The number of nitrogens with zero attached hydrogens (tertiary/aromatic N) is 4. The number of aryl methyl sites for hydroxylation is 2. The van der Waals surface area contributed by atoms with Crippen LogP contribution in [0.2, 0.25) is 0 Å². The van der Waals surface area contributed by atoms with Crippen LogP contribution in [0.4, 0.5) is 5.69 Å². The number of rotatable bonds is 4. The Balaban J connectivity index is 1.66. The molecule has 0 aliphatic carbocycles. The van der Waals surface area contributed by atoms with Crippen molar-refractivity contribution in [2.75, 3.05) is 39.8 Å². The van der Waals surface area contributed by atoms with Gasteiger partial charge in [0.2, 0.25) is 0 Å². The average molecular weight is 425 g/mol. The van der Waals surface area contributed by atoms with Gasteiger partial charge in [-0.05, 0) is 39.3 Å². The highest BCUT2D eigenvalue weighted by Gasteiger charge is 2.33. The lowest BCUT2D eigenvalue weighted by Crippen LogP contribution is -2.52. The number of hydrogen-bond acceptors (Lipinski definition) is 5. The summed E-state index contributed by atoms with van der Waals surface area (Å²) in [5.41, 5.74) is 4.85. The summed E-state index contributed by atoms with van der Waals surface area (Å²) >= 11 is 0. The number of carboxylic acids is 1. The summed E-state index contributed by atoms with van der Waals surface area (Å²) in [5.74, 6) is 1.02. The standard InChI is InChI=1S/C24H32N4O3/c1-16-6-7-19-18(12-16)14-28-17(2)13-20(31-5)21(28)22(25-19)27-10-8-26(9-11-27)15-24(3,4)23(29)30/h6-7,12-13H,8-11,14-15H2,1-5H3,(H,29,30). The zero-order chi connectivity index (χ0) is 22.3. The fourth-order valence-electron chi connectivity index (χ4n) is 4.49. The Kier molecular flexibility index (Phi) is 5.56. The maximum Gasteiger partial charge on any atom is 0.310 e. The summed E-state index contributed by atoms with van der Waals surface area (Å²) < 4.78 is 8.04. The highest BCUT2D eigenvalue weighted by Crippen LogP contribution is 2.34.